The number of carbonyl (C=O) groups excluding carboxylic acids is 3. The Balaban J connectivity index is 1.36. The molecule has 1 atom stereocenters. The molecular formula is C15H18N6O3. The van der Waals surface area contributed by atoms with E-state index in [-0.39, 0.29) is 24.7 Å². The molecule has 2 heterocycles. The number of urea groups is 1. The van der Waals surface area contributed by atoms with Crippen LogP contribution >= 0.6 is 0 Å². The van der Waals surface area contributed by atoms with Gasteiger partial charge in [0.2, 0.25) is 5.91 Å². The molecule has 3 N–H and O–H groups in total. The van der Waals surface area contributed by atoms with Gasteiger partial charge in [-0.05, 0) is 25.0 Å². The van der Waals surface area contributed by atoms with Crippen LogP contribution in [-0.2, 0) is 16.1 Å². The molecule has 0 saturated carbocycles. The highest BCUT2D eigenvalue weighted by Crippen LogP contribution is 2.09. The van der Waals surface area contributed by atoms with Crippen molar-refractivity contribution in [1.82, 2.24) is 30.9 Å². The number of para-hydroxylation sites is 1. The third kappa shape index (κ3) is 3.67. The van der Waals surface area contributed by atoms with E-state index in [0.717, 1.165) is 17.5 Å². The fourth-order valence-electron chi connectivity index (χ4n) is 2.57. The molecule has 3 rings (SSSR count). The minimum atomic E-state index is -0.621. The van der Waals surface area contributed by atoms with Crippen molar-refractivity contribution in [2.45, 2.75) is 31.8 Å². The topological polar surface area (TPSA) is 118 Å². The molecule has 1 fully saturated rings. The summed E-state index contributed by atoms with van der Waals surface area (Å²) in [6.45, 7) is 1.16. The van der Waals surface area contributed by atoms with Crippen molar-refractivity contribution in [3.63, 3.8) is 0 Å². The molecule has 0 unspecified atom stereocenters. The second-order valence-corrected chi connectivity index (χ2v) is 5.56. The van der Waals surface area contributed by atoms with Crippen LogP contribution in [0.5, 0.6) is 0 Å². The van der Waals surface area contributed by atoms with E-state index >= 15 is 0 Å². The molecule has 1 aromatic carbocycles. The minimum Gasteiger partial charge on any atom is -0.356 e. The van der Waals surface area contributed by atoms with Gasteiger partial charge in [0.25, 0.3) is 5.91 Å². The van der Waals surface area contributed by atoms with Crippen LogP contribution in [0, 0.1) is 0 Å². The molecule has 0 aliphatic carbocycles. The summed E-state index contributed by atoms with van der Waals surface area (Å²) in [6, 6.07) is 6.57. The number of hydrogen-bond donors (Lipinski definition) is 3. The normalized spacial score (nSPS) is 16.9. The van der Waals surface area contributed by atoms with Crippen molar-refractivity contribution in [3.05, 3.63) is 24.3 Å². The molecule has 2 aromatic rings. The van der Waals surface area contributed by atoms with Gasteiger partial charge in [-0.1, -0.05) is 17.3 Å². The molecular weight excluding hydrogens is 312 g/mol. The monoisotopic (exact) mass is 330 g/mol. The third-order valence-corrected chi connectivity index (χ3v) is 3.81. The zero-order chi connectivity index (χ0) is 16.9. The highest BCUT2D eigenvalue weighted by atomic mass is 16.2. The molecule has 0 bridgehead atoms. The van der Waals surface area contributed by atoms with Crippen LogP contribution in [0.25, 0.3) is 11.0 Å². The molecule has 4 amide bonds. The summed E-state index contributed by atoms with van der Waals surface area (Å²) < 4.78 is 1.81. The highest BCUT2D eigenvalue weighted by molar-refractivity contribution is 6.04. The van der Waals surface area contributed by atoms with Crippen molar-refractivity contribution >= 4 is 28.9 Å². The van der Waals surface area contributed by atoms with Crippen LogP contribution in [0.2, 0.25) is 0 Å². The fourth-order valence-corrected chi connectivity index (χ4v) is 2.57. The van der Waals surface area contributed by atoms with Gasteiger partial charge in [-0.25, -0.2) is 9.48 Å². The Morgan fingerprint density at radius 3 is 2.92 bits per heavy atom. The SMILES string of the molecule is O=C(CC[C@@H]1NC(=O)NC1=O)NCCCn1nnc2ccccc21. The molecule has 126 valence electrons. The van der Waals surface area contributed by atoms with E-state index in [4.69, 9.17) is 0 Å². The van der Waals surface area contributed by atoms with Gasteiger partial charge < -0.3 is 10.6 Å². The molecule has 9 nitrogen and oxygen atoms in total. The summed E-state index contributed by atoms with van der Waals surface area (Å²) in [7, 11) is 0. The van der Waals surface area contributed by atoms with Gasteiger partial charge in [0, 0.05) is 19.5 Å². The molecule has 1 aromatic heterocycles. The third-order valence-electron chi connectivity index (χ3n) is 3.81. The average Bonchev–Trinajstić information content (AvgIpc) is 3.12. The van der Waals surface area contributed by atoms with E-state index in [2.05, 4.69) is 26.3 Å². The van der Waals surface area contributed by atoms with E-state index in [1.807, 2.05) is 24.3 Å². The van der Waals surface area contributed by atoms with E-state index in [9.17, 15) is 14.4 Å². The lowest BCUT2D eigenvalue weighted by atomic mass is 10.1. The highest BCUT2D eigenvalue weighted by Gasteiger charge is 2.29. The Bertz CT molecular complexity index is 771. The maximum Gasteiger partial charge on any atom is 0.322 e. The zero-order valence-corrected chi connectivity index (χ0v) is 13.0. The van der Waals surface area contributed by atoms with Gasteiger partial charge in [0.1, 0.15) is 11.6 Å². The number of imide groups is 1. The van der Waals surface area contributed by atoms with Crippen LogP contribution in [0.1, 0.15) is 19.3 Å². The zero-order valence-electron chi connectivity index (χ0n) is 13.0. The Kier molecular flexibility index (Phi) is 4.69. The summed E-state index contributed by atoms with van der Waals surface area (Å²) in [6.07, 6.45) is 1.20. The standard InChI is InChI=1S/C15H18N6O3/c22-13(7-6-11-14(23)18-15(24)17-11)16-8-3-9-21-12-5-2-1-4-10(12)19-20-21/h1-2,4-5,11H,3,6-9H2,(H,16,22)(H2,17,18,23,24)/t11-/m0/s1. The van der Waals surface area contributed by atoms with Crippen LogP contribution in [0.4, 0.5) is 4.79 Å². The predicted octanol–water partition coefficient (Wildman–Crippen LogP) is -0.0742. The number of amides is 4. The van der Waals surface area contributed by atoms with Gasteiger partial charge in [0.05, 0.1) is 5.52 Å². The van der Waals surface area contributed by atoms with Gasteiger partial charge in [-0.3, -0.25) is 14.9 Å². The van der Waals surface area contributed by atoms with Crippen LogP contribution in [0.15, 0.2) is 24.3 Å². The Morgan fingerprint density at radius 2 is 2.12 bits per heavy atom. The second-order valence-electron chi connectivity index (χ2n) is 5.56. The molecule has 9 heteroatoms. The minimum absolute atomic E-state index is 0.146. The summed E-state index contributed by atoms with van der Waals surface area (Å²) in [5.74, 6) is -0.529. The average molecular weight is 330 g/mol. The van der Waals surface area contributed by atoms with Crippen molar-refractivity contribution in [3.8, 4) is 0 Å². The first-order valence-corrected chi connectivity index (χ1v) is 7.80. The lowest BCUT2D eigenvalue weighted by Gasteiger charge is -2.08. The van der Waals surface area contributed by atoms with E-state index in [1.54, 1.807) is 4.68 Å². The first-order valence-electron chi connectivity index (χ1n) is 7.80. The summed E-state index contributed by atoms with van der Waals surface area (Å²) in [5, 5.41) is 15.6. The lowest BCUT2D eigenvalue weighted by Crippen LogP contribution is -2.32. The number of fused-ring (bicyclic) bond motifs is 1. The molecule has 1 aliphatic heterocycles. The summed E-state index contributed by atoms with van der Waals surface area (Å²) in [4.78, 5) is 34.1. The maximum atomic E-state index is 11.8. The lowest BCUT2D eigenvalue weighted by molar-refractivity contribution is -0.122. The molecule has 1 saturated heterocycles. The first kappa shape index (κ1) is 15.9. The maximum absolute atomic E-state index is 11.8. The van der Waals surface area contributed by atoms with E-state index in [1.165, 1.54) is 0 Å². The van der Waals surface area contributed by atoms with Crippen molar-refractivity contribution in [2.75, 3.05) is 6.54 Å². The van der Waals surface area contributed by atoms with Crippen LogP contribution in [0.3, 0.4) is 0 Å². The first-order chi connectivity index (χ1) is 11.6. The summed E-state index contributed by atoms with van der Waals surface area (Å²) >= 11 is 0. The fraction of sp³-hybridized carbons (Fsp3) is 0.400. The Hall–Kier alpha value is -2.97. The molecule has 0 radical (unpaired) electrons. The summed E-state index contributed by atoms with van der Waals surface area (Å²) in [5.41, 5.74) is 1.81. The van der Waals surface area contributed by atoms with Crippen LogP contribution in [-0.4, -0.2) is 45.4 Å². The smallest absolute Gasteiger partial charge is 0.322 e. The largest absolute Gasteiger partial charge is 0.356 e. The number of rotatable bonds is 7. The van der Waals surface area contributed by atoms with Gasteiger partial charge >= 0.3 is 6.03 Å². The van der Waals surface area contributed by atoms with E-state index < -0.39 is 12.1 Å². The Morgan fingerprint density at radius 1 is 1.29 bits per heavy atom. The number of carbonyl (C=O) groups is 3. The number of nitrogens with zero attached hydrogens (tertiary/aromatic N) is 3. The number of benzene rings is 1. The number of nitrogens with one attached hydrogen (secondary N) is 3. The number of aryl methyl sites for hydroxylation is 1. The predicted molar refractivity (Wildman–Crippen MR) is 84.9 cm³/mol. The quantitative estimate of drug-likeness (QED) is 0.485. The van der Waals surface area contributed by atoms with Crippen molar-refractivity contribution in [1.29, 1.82) is 0 Å². The van der Waals surface area contributed by atoms with E-state index in [0.29, 0.717) is 13.1 Å². The van der Waals surface area contributed by atoms with Crippen LogP contribution < -0.4 is 16.0 Å². The molecule has 1 aliphatic rings. The number of aromatic nitrogens is 3. The van der Waals surface area contributed by atoms with Gasteiger partial charge in [-0.15, -0.1) is 5.10 Å². The number of hydrogen-bond acceptors (Lipinski definition) is 5. The van der Waals surface area contributed by atoms with Gasteiger partial charge in [0.15, 0.2) is 0 Å². The molecule has 24 heavy (non-hydrogen) atoms. The molecule has 0 spiro atoms. The van der Waals surface area contributed by atoms with Gasteiger partial charge in [-0.2, -0.15) is 0 Å². The van der Waals surface area contributed by atoms with Crippen molar-refractivity contribution in [2.24, 2.45) is 0 Å². The Labute approximate surface area is 137 Å². The second kappa shape index (κ2) is 7.07. The van der Waals surface area contributed by atoms with Crippen molar-refractivity contribution < 1.29 is 14.4 Å².